The largest absolute Gasteiger partial charge is 0.311 e. The number of benzene rings is 16. The summed E-state index contributed by atoms with van der Waals surface area (Å²) in [7, 11) is 0. The van der Waals surface area contributed by atoms with Gasteiger partial charge >= 0.3 is 0 Å². The molecule has 0 fully saturated rings. The fourth-order valence-electron chi connectivity index (χ4n) is 20.5. The number of hydrogen-bond donors (Lipinski definition) is 0. The summed E-state index contributed by atoms with van der Waals surface area (Å²) >= 11 is 0. The number of rotatable bonds is 20. The number of para-hydroxylation sites is 8. The van der Waals surface area contributed by atoms with E-state index in [2.05, 4.69) is 500 Å². The lowest BCUT2D eigenvalue weighted by Crippen LogP contribution is -2.18. The third-order valence-corrected chi connectivity index (χ3v) is 26.8. The summed E-state index contributed by atoms with van der Waals surface area (Å²) in [5.41, 5.74) is 31.3. The third-order valence-electron chi connectivity index (χ3n) is 26.8. The van der Waals surface area contributed by atoms with E-state index in [0.29, 0.717) is 0 Å². The fraction of sp³-hybridized carbons (Fsp3) is 0.200. The van der Waals surface area contributed by atoms with E-state index in [9.17, 15) is 0 Å². The van der Waals surface area contributed by atoms with Crippen LogP contribution in [0.4, 0.5) is 68.2 Å². The van der Waals surface area contributed by atoms with Crippen molar-refractivity contribution in [2.24, 2.45) is 0 Å². The highest BCUT2D eigenvalue weighted by Gasteiger charge is 2.37. The molecule has 0 unspecified atom stereocenters. The van der Waals surface area contributed by atoms with Crippen molar-refractivity contribution in [2.45, 2.75) is 158 Å². The molecular formula is C120H114N8. The molecular weight excluding hydrogens is 1550 g/mol. The minimum atomic E-state index is -0.135. The van der Waals surface area contributed by atoms with Crippen LogP contribution < -0.4 is 19.6 Å². The quantitative estimate of drug-likeness (QED) is 0.0712. The van der Waals surface area contributed by atoms with E-state index in [-0.39, 0.29) is 21.7 Å². The van der Waals surface area contributed by atoms with Gasteiger partial charge in [0, 0.05) is 122 Å². The highest BCUT2D eigenvalue weighted by atomic mass is 15.2. The molecule has 20 aromatic rings. The Morgan fingerprint density at radius 2 is 0.375 bits per heavy atom. The Kier molecular flexibility index (Phi) is 20.6. The van der Waals surface area contributed by atoms with Crippen LogP contribution in [-0.2, 0) is 47.3 Å². The highest BCUT2D eigenvalue weighted by molar-refractivity contribution is 6.34. The zero-order chi connectivity index (χ0) is 88.4. The predicted molar refractivity (Wildman–Crippen MR) is 549 cm³/mol. The Hall–Kier alpha value is -14.1. The van der Waals surface area contributed by atoms with Crippen LogP contribution in [0.5, 0.6) is 0 Å². The second kappa shape index (κ2) is 32.1. The molecule has 0 N–H and O–H groups in total. The van der Waals surface area contributed by atoms with Crippen LogP contribution in [0.2, 0.25) is 0 Å². The van der Waals surface area contributed by atoms with Crippen molar-refractivity contribution in [3.05, 3.63) is 397 Å². The van der Waals surface area contributed by atoms with Crippen molar-refractivity contribution in [1.29, 1.82) is 0 Å². The van der Waals surface area contributed by atoms with E-state index in [4.69, 9.17) is 0 Å². The van der Waals surface area contributed by atoms with Gasteiger partial charge in [-0.25, -0.2) is 0 Å². The van der Waals surface area contributed by atoms with E-state index < -0.39 is 0 Å². The van der Waals surface area contributed by atoms with Gasteiger partial charge in [0.2, 0.25) is 0 Å². The predicted octanol–water partition coefficient (Wildman–Crippen LogP) is 33.7. The molecule has 0 atom stereocenters. The molecule has 0 amide bonds. The molecule has 16 aromatic carbocycles. The Morgan fingerprint density at radius 3 is 0.555 bits per heavy atom. The fourth-order valence-corrected chi connectivity index (χ4v) is 20.5. The normalized spacial score (nSPS) is 12.3. The minimum Gasteiger partial charge on any atom is -0.311 e. The molecule has 0 aliphatic heterocycles. The van der Waals surface area contributed by atoms with E-state index in [0.717, 1.165) is 193 Å². The molecule has 0 aliphatic rings. The van der Waals surface area contributed by atoms with Gasteiger partial charge in [0.05, 0.1) is 67.6 Å². The van der Waals surface area contributed by atoms with Crippen LogP contribution in [0, 0.1) is 0 Å². The van der Waals surface area contributed by atoms with Gasteiger partial charge in [-0.1, -0.05) is 329 Å². The summed E-state index contributed by atoms with van der Waals surface area (Å²) in [4.78, 5) is 10.7. The number of fused-ring (bicyclic) bond motifs is 4. The van der Waals surface area contributed by atoms with Gasteiger partial charge < -0.3 is 37.9 Å². The van der Waals surface area contributed by atoms with Crippen LogP contribution >= 0.6 is 0 Å². The Labute approximate surface area is 754 Å². The van der Waals surface area contributed by atoms with Gasteiger partial charge in [-0.3, -0.25) is 0 Å². The Morgan fingerprint density at radius 1 is 0.195 bits per heavy atom. The zero-order valence-electron chi connectivity index (χ0n) is 76.9. The molecule has 0 saturated heterocycles. The minimum absolute atomic E-state index is 0.135. The molecule has 20 rings (SSSR count). The van der Waals surface area contributed by atoms with E-state index >= 15 is 0 Å². The molecule has 8 nitrogen and oxygen atoms in total. The average Bonchev–Trinajstić information content (AvgIpc) is 1.13. The van der Waals surface area contributed by atoms with Crippen LogP contribution in [0.15, 0.2) is 352 Å². The summed E-state index contributed by atoms with van der Waals surface area (Å²) in [6.07, 6.45) is 2.91. The SMILES string of the molecule is CCc1c(N(c2ccc(C(C)(C)C)cc2)c2cc(N(c3ccc(C(C)(C)C)cc3)c3c(CC)n(-c4ccccc4)c4ccccc34)c3ccc4c(N(c5ccc(C(C)(C)C)cc5)c5c(CC)n(-c6ccccc6)c6ccccc56)cc(N(c5ccc(C(C)(C)C)cc5)c5c(CC)n(-c6ccccc6)c6ccccc56)c5ccc2c3c54)c2ccccc2n1-c1ccccc1. The van der Waals surface area contributed by atoms with Gasteiger partial charge in [-0.2, -0.15) is 0 Å². The number of aromatic nitrogens is 4. The van der Waals surface area contributed by atoms with E-state index in [1.807, 2.05) is 0 Å². The molecule has 0 aliphatic carbocycles. The van der Waals surface area contributed by atoms with Crippen molar-refractivity contribution in [2.75, 3.05) is 19.6 Å². The maximum atomic E-state index is 2.68. The molecule has 128 heavy (non-hydrogen) atoms. The second-order valence-electron chi connectivity index (χ2n) is 38.8. The number of anilines is 12. The van der Waals surface area contributed by atoms with Gasteiger partial charge in [-0.05, 0) is 203 Å². The summed E-state index contributed by atoms with van der Waals surface area (Å²) in [6.45, 7) is 37.4. The molecule has 0 saturated carbocycles. The van der Waals surface area contributed by atoms with Crippen LogP contribution in [-0.4, -0.2) is 18.3 Å². The number of hydrogen-bond acceptors (Lipinski definition) is 4. The first-order valence-corrected chi connectivity index (χ1v) is 46.1. The lowest BCUT2D eigenvalue weighted by atomic mass is 9.86. The van der Waals surface area contributed by atoms with E-state index in [1.54, 1.807) is 0 Å². The smallest absolute Gasteiger partial charge is 0.0754 e. The van der Waals surface area contributed by atoms with Crippen LogP contribution in [0.3, 0.4) is 0 Å². The van der Waals surface area contributed by atoms with Gasteiger partial charge in [0.15, 0.2) is 0 Å². The standard InChI is InChI=1S/C120H114N8/c1-17-99-113(95-49-33-37-53-103(95)121(99)83-41-25-21-26-42-83)125(87-65-57-79(58-66-87)117(5,6)7)107-77-108(126(88-67-59-80(60-68-88)118(8,9)10)114-96-50-34-38-54-104(96)122(100(114)18-2)84-43-27-22-28-44-84)92-75-76-94-110(128(90-71-63-82(64-72-90)120(14,15)16)116-98-52-36-40-56-106(98)124(102(116)20-4)86-47-31-24-32-48-86)78-109(93-74-73-91(107)111(92)112(93)94)127(89-69-61-81(62-70-89)119(11,12)13)115-97-51-35-39-55-105(97)123(101(115)19-3)85-45-29-23-30-46-85/h21-78H,17-20H2,1-16H3. The second-order valence-corrected chi connectivity index (χ2v) is 38.8. The van der Waals surface area contributed by atoms with Crippen molar-refractivity contribution in [3.8, 4) is 22.7 Å². The van der Waals surface area contributed by atoms with Crippen LogP contribution in [0.1, 0.15) is 156 Å². The summed E-state index contributed by atoms with van der Waals surface area (Å²) < 4.78 is 10.1. The zero-order valence-corrected chi connectivity index (χ0v) is 76.9. The summed E-state index contributed by atoms with van der Waals surface area (Å²) in [5, 5.41) is 11.4. The molecule has 8 heteroatoms. The monoisotopic (exact) mass is 1670 g/mol. The topological polar surface area (TPSA) is 32.7 Å². The molecule has 0 bridgehead atoms. The highest BCUT2D eigenvalue weighted by Crippen LogP contribution is 2.60. The first-order chi connectivity index (χ1) is 61.9. The molecule has 4 aromatic heterocycles. The first-order valence-electron chi connectivity index (χ1n) is 46.1. The van der Waals surface area contributed by atoms with Crippen molar-refractivity contribution >= 4 is 144 Å². The van der Waals surface area contributed by atoms with Crippen molar-refractivity contribution < 1.29 is 0 Å². The average molecular weight is 1670 g/mol. The van der Waals surface area contributed by atoms with Gasteiger partial charge in [-0.15, -0.1) is 0 Å². The van der Waals surface area contributed by atoms with Crippen molar-refractivity contribution in [1.82, 2.24) is 18.3 Å². The lowest BCUT2D eigenvalue weighted by Gasteiger charge is -2.35. The van der Waals surface area contributed by atoms with E-state index in [1.165, 1.54) is 45.0 Å². The summed E-state index contributed by atoms with van der Waals surface area (Å²) in [5.74, 6) is 0. The Bertz CT molecular complexity index is 6630. The maximum absolute atomic E-state index is 2.68. The van der Waals surface area contributed by atoms with Crippen LogP contribution in [0.25, 0.3) is 98.7 Å². The van der Waals surface area contributed by atoms with Gasteiger partial charge in [0.25, 0.3) is 0 Å². The molecule has 0 spiro atoms. The third kappa shape index (κ3) is 13.8. The van der Waals surface area contributed by atoms with Gasteiger partial charge in [0.1, 0.15) is 0 Å². The van der Waals surface area contributed by atoms with Crippen molar-refractivity contribution in [3.63, 3.8) is 0 Å². The maximum Gasteiger partial charge on any atom is 0.0754 e. The lowest BCUT2D eigenvalue weighted by molar-refractivity contribution is 0.590. The molecule has 634 valence electrons. The molecule has 4 heterocycles. The molecule has 0 radical (unpaired) electrons. The summed E-state index contributed by atoms with van der Waals surface area (Å²) in [6, 6.07) is 135. The first kappa shape index (κ1) is 82.2. The Balaban J connectivity index is 1.04. The number of nitrogens with zero attached hydrogens (tertiary/aromatic N) is 8.